The molecule has 1 aliphatic heterocycles. The van der Waals surface area contributed by atoms with Gasteiger partial charge in [0.1, 0.15) is 18.7 Å². The first-order valence-corrected chi connectivity index (χ1v) is 12.5. The van der Waals surface area contributed by atoms with E-state index in [4.69, 9.17) is 9.47 Å². The molecule has 35 heavy (non-hydrogen) atoms. The van der Waals surface area contributed by atoms with Crippen LogP contribution in [0.1, 0.15) is 50.7 Å². The lowest BCUT2D eigenvalue weighted by atomic mass is 10.0. The molecule has 1 amide bonds. The van der Waals surface area contributed by atoms with E-state index in [1.54, 1.807) is 18.7 Å². The summed E-state index contributed by atoms with van der Waals surface area (Å²) in [5.41, 5.74) is 2.01. The highest BCUT2D eigenvalue weighted by atomic mass is 16.5. The van der Waals surface area contributed by atoms with E-state index in [-0.39, 0.29) is 25.1 Å². The molecule has 0 spiro atoms. The van der Waals surface area contributed by atoms with Crippen LogP contribution in [0, 0.1) is 0 Å². The Morgan fingerprint density at radius 1 is 0.971 bits per heavy atom. The lowest BCUT2D eigenvalue weighted by Crippen LogP contribution is -2.54. The summed E-state index contributed by atoms with van der Waals surface area (Å²) >= 11 is 0. The van der Waals surface area contributed by atoms with Gasteiger partial charge < -0.3 is 14.4 Å². The standard InChI is InChI=1S/C28H36N2O5/c1-3-34-28(33)25(18-17-22-12-6-4-7-13-22)29-24-16-10-11-19-30(26(24)31)21(2)27(32)35-20-23-14-8-5-9-15-23/h4-9,12-15,21,24-25,29H,3,10-11,16-20H2,1-2H3/t21?,24?,25-/m0/s1. The van der Waals surface area contributed by atoms with Crippen LogP contribution in [-0.2, 0) is 36.9 Å². The molecule has 2 aromatic carbocycles. The molecule has 3 atom stereocenters. The minimum absolute atomic E-state index is 0.165. The van der Waals surface area contributed by atoms with Crippen molar-refractivity contribution in [2.24, 2.45) is 0 Å². The monoisotopic (exact) mass is 480 g/mol. The molecule has 0 aliphatic carbocycles. The van der Waals surface area contributed by atoms with E-state index in [1.807, 2.05) is 60.7 Å². The van der Waals surface area contributed by atoms with Crippen LogP contribution in [0.3, 0.4) is 0 Å². The molecule has 7 heteroatoms. The Morgan fingerprint density at radius 2 is 1.63 bits per heavy atom. The zero-order chi connectivity index (χ0) is 25.0. The molecular weight excluding hydrogens is 444 g/mol. The Kier molecular flexibility index (Phi) is 10.3. The van der Waals surface area contributed by atoms with Gasteiger partial charge in [-0.3, -0.25) is 14.9 Å². The molecule has 0 aromatic heterocycles. The van der Waals surface area contributed by atoms with Gasteiger partial charge >= 0.3 is 11.9 Å². The average molecular weight is 481 g/mol. The van der Waals surface area contributed by atoms with Gasteiger partial charge in [0.25, 0.3) is 0 Å². The molecule has 0 radical (unpaired) electrons. The predicted octanol–water partition coefficient (Wildman–Crippen LogP) is 3.65. The van der Waals surface area contributed by atoms with Gasteiger partial charge in [-0.2, -0.15) is 0 Å². The third kappa shape index (κ3) is 7.92. The van der Waals surface area contributed by atoms with Gasteiger partial charge in [0.05, 0.1) is 12.6 Å². The van der Waals surface area contributed by atoms with Gasteiger partial charge in [0.15, 0.2) is 0 Å². The van der Waals surface area contributed by atoms with Gasteiger partial charge in [-0.05, 0) is 57.1 Å². The summed E-state index contributed by atoms with van der Waals surface area (Å²) in [6, 6.07) is 17.5. The van der Waals surface area contributed by atoms with Crippen molar-refractivity contribution in [1.29, 1.82) is 0 Å². The minimum atomic E-state index is -0.709. The third-order valence-electron chi connectivity index (χ3n) is 6.29. The number of carbonyl (C=O) groups is 3. The van der Waals surface area contributed by atoms with Crippen LogP contribution in [-0.4, -0.2) is 54.0 Å². The number of ether oxygens (including phenoxy) is 2. The molecule has 1 saturated heterocycles. The number of amides is 1. The second-order valence-electron chi connectivity index (χ2n) is 8.84. The average Bonchev–Trinajstić information content (AvgIpc) is 3.07. The first kappa shape index (κ1) is 26.4. The smallest absolute Gasteiger partial charge is 0.328 e. The summed E-state index contributed by atoms with van der Waals surface area (Å²) in [6.07, 6.45) is 3.40. The second-order valence-corrected chi connectivity index (χ2v) is 8.84. The molecule has 3 rings (SSSR count). The summed E-state index contributed by atoms with van der Waals surface area (Å²) in [6.45, 7) is 4.39. The maximum Gasteiger partial charge on any atom is 0.328 e. The van der Waals surface area contributed by atoms with E-state index >= 15 is 0 Å². The lowest BCUT2D eigenvalue weighted by molar-refractivity contribution is -0.156. The molecule has 1 fully saturated rings. The highest BCUT2D eigenvalue weighted by molar-refractivity contribution is 5.88. The fraction of sp³-hybridized carbons (Fsp3) is 0.464. The Labute approximate surface area is 207 Å². The number of aryl methyl sites for hydroxylation is 1. The van der Waals surface area contributed by atoms with Crippen molar-refractivity contribution >= 4 is 17.8 Å². The Balaban J connectivity index is 1.64. The number of hydrogen-bond donors (Lipinski definition) is 1. The Morgan fingerprint density at radius 3 is 2.29 bits per heavy atom. The fourth-order valence-corrected chi connectivity index (χ4v) is 4.29. The maximum atomic E-state index is 13.5. The van der Waals surface area contributed by atoms with Crippen LogP contribution in [0.4, 0.5) is 0 Å². The van der Waals surface area contributed by atoms with Crippen molar-refractivity contribution in [3.05, 3.63) is 71.8 Å². The number of nitrogens with zero attached hydrogens (tertiary/aromatic N) is 1. The van der Waals surface area contributed by atoms with Gasteiger partial charge in [0, 0.05) is 6.54 Å². The van der Waals surface area contributed by atoms with E-state index in [9.17, 15) is 14.4 Å². The molecule has 2 aromatic rings. The zero-order valence-electron chi connectivity index (χ0n) is 20.7. The predicted molar refractivity (Wildman–Crippen MR) is 133 cm³/mol. The van der Waals surface area contributed by atoms with E-state index in [0.717, 1.165) is 24.0 Å². The van der Waals surface area contributed by atoms with Crippen LogP contribution in [0.5, 0.6) is 0 Å². The quantitative estimate of drug-likeness (QED) is 0.494. The molecule has 1 N–H and O–H groups in total. The van der Waals surface area contributed by atoms with Crippen molar-refractivity contribution in [2.75, 3.05) is 13.2 Å². The molecule has 1 heterocycles. The zero-order valence-corrected chi connectivity index (χ0v) is 20.7. The largest absolute Gasteiger partial charge is 0.465 e. The number of rotatable bonds is 11. The SMILES string of the molecule is CCOC(=O)[C@H](CCc1ccccc1)NC1CCCCN(C(C)C(=O)OCc2ccccc2)C1=O. The first-order chi connectivity index (χ1) is 17.0. The van der Waals surface area contributed by atoms with Gasteiger partial charge in [-0.1, -0.05) is 60.7 Å². The highest BCUT2D eigenvalue weighted by Gasteiger charge is 2.35. The summed E-state index contributed by atoms with van der Waals surface area (Å²) in [5.74, 6) is -0.975. The third-order valence-corrected chi connectivity index (χ3v) is 6.29. The number of nitrogens with one attached hydrogen (secondary N) is 1. The van der Waals surface area contributed by atoms with Crippen LogP contribution in [0.15, 0.2) is 60.7 Å². The van der Waals surface area contributed by atoms with Crippen LogP contribution < -0.4 is 5.32 Å². The van der Waals surface area contributed by atoms with E-state index in [0.29, 0.717) is 25.8 Å². The van der Waals surface area contributed by atoms with E-state index < -0.39 is 24.1 Å². The van der Waals surface area contributed by atoms with Gasteiger partial charge in [-0.15, -0.1) is 0 Å². The topological polar surface area (TPSA) is 84.9 Å². The van der Waals surface area contributed by atoms with Crippen molar-refractivity contribution in [3.63, 3.8) is 0 Å². The van der Waals surface area contributed by atoms with Crippen molar-refractivity contribution < 1.29 is 23.9 Å². The summed E-state index contributed by atoms with van der Waals surface area (Å²) in [4.78, 5) is 40.5. The van der Waals surface area contributed by atoms with Gasteiger partial charge in [-0.25, -0.2) is 4.79 Å². The Hall–Kier alpha value is -3.19. The molecule has 188 valence electrons. The summed E-state index contributed by atoms with van der Waals surface area (Å²) in [7, 11) is 0. The van der Waals surface area contributed by atoms with Gasteiger partial charge in [0.2, 0.25) is 5.91 Å². The van der Waals surface area contributed by atoms with E-state index in [2.05, 4.69) is 5.32 Å². The Bertz CT molecular complexity index is 950. The second kappa shape index (κ2) is 13.6. The molecule has 7 nitrogen and oxygen atoms in total. The van der Waals surface area contributed by atoms with Crippen molar-refractivity contribution in [1.82, 2.24) is 10.2 Å². The number of likely N-dealkylation sites (tertiary alicyclic amines) is 1. The van der Waals surface area contributed by atoms with Crippen LogP contribution in [0.2, 0.25) is 0 Å². The van der Waals surface area contributed by atoms with Crippen molar-refractivity contribution in [3.8, 4) is 0 Å². The number of benzene rings is 2. The molecule has 0 bridgehead atoms. The lowest BCUT2D eigenvalue weighted by Gasteiger charge is -2.30. The summed E-state index contributed by atoms with van der Waals surface area (Å²) in [5, 5.41) is 3.26. The van der Waals surface area contributed by atoms with Crippen LogP contribution in [0.25, 0.3) is 0 Å². The first-order valence-electron chi connectivity index (χ1n) is 12.5. The highest BCUT2D eigenvalue weighted by Crippen LogP contribution is 2.18. The number of esters is 2. The summed E-state index contributed by atoms with van der Waals surface area (Å²) < 4.78 is 10.8. The van der Waals surface area contributed by atoms with Crippen molar-refractivity contribution in [2.45, 2.75) is 70.7 Å². The fourth-order valence-electron chi connectivity index (χ4n) is 4.29. The van der Waals surface area contributed by atoms with E-state index in [1.165, 1.54) is 0 Å². The maximum absolute atomic E-state index is 13.5. The van der Waals surface area contributed by atoms with Crippen LogP contribution >= 0.6 is 0 Å². The molecule has 1 aliphatic rings. The number of hydrogen-bond acceptors (Lipinski definition) is 6. The number of carbonyl (C=O) groups excluding carboxylic acids is 3. The molecular formula is C28H36N2O5. The molecule has 0 saturated carbocycles. The normalized spacial score (nSPS) is 17.8. The molecule has 2 unspecified atom stereocenters. The minimum Gasteiger partial charge on any atom is -0.465 e.